The fourth-order valence-corrected chi connectivity index (χ4v) is 2.31. The highest BCUT2D eigenvalue weighted by atomic mass is 19.1. The van der Waals surface area contributed by atoms with Crippen molar-refractivity contribution in [3.63, 3.8) is 0 Å². The smallest absolute Gasteiger partial charge is 0.254 e. The molecule has 0 radical (unpaired) electrons. The molecule has 2 atom stereocenters. The lowest BCUT2D eigenvalue weighted by molar-refractivity contribution is -0.126. The molecular formula is C15H15FN2O3. The zero-order chi connectivity index (χ0) is 14.8. The Morgan fingerprint density at radius 1 is 1.38 bits per heavy atom. The van der Waals surface area contributed by atoms with Gasteiger partial charge in [-0.05, 0) is 31.9 Å². The molecule has 1 aliphatic rings. The van der Waals surface area contributed by atoms with Crippen LogP contribution in [0, 0.1) is 5.82 Å². The second kappa shape index (κ2) is 5.65. The Morgan fingerprint density at radius 3 is 2.95 bits per heavy atom. The van der Waals surface area contributed by atoms with Crippen molar-refractivity contribution in [3.05, 3.63) is 36.1 Å². The normalized spacial score (nSPS) is 21.4. The van der Waals surface area contributed by atoms with Crippen molar-refractivity contribution in [2.45, 2.75) is 32.0 Å². The zero-order valence-corrected chi connectivity index (χ0v) is 11.5. The zero-order valence-electron chi connectivity index (χ0n) is 11.5. The van der Waals surface area contributed by atoms with E-state index in [-0.39, 0.29) is 17.8 Å². The van der Waals surface area contributed by atoms with Crippen molar-refractivity contribution in [3.8, 4) is 11.3 Å². The third-order valence-corrected chi connectivity index (χ3v) is 3.39. The molecule has 21 heavy (non-hydrogen) atoms. The molecule has 0 bridgehead atoms. The lowest BCUT2D eigenvalue weighted by Crippen LogP contribution is -2.27. The third-order valence-electron chi connectivity index (χ3n) is 3.39. The first-order valence-electron chi connectivity index (χ1n) is 6.81. The van der Waals surface area contributed by atoms with Crippen LogP contribution in [0.5, 0.6) is 0 Å². The molecule has 5 nitrogen and oxygen atoms in total. The van der Waals surface area contributed by atoms with Gasteiger partial charge in [-0.15, -0.1) is 0 Å². The van der Waals surface area contributed by atoms with Crippen LogP contribution in [-0.2, 0) is 9.53 Å². The Hall–Kier alpha value is -2.21. The summed E-state index contributed by atoms with van der Waals surface area (Å²) in [6.07, 6.45) is 1.21. The maximum atomic E-state index is 13.2. The summed E-state index contributed by atoms with van der Waals surface area (Å²) in [5.41, 5.74) is 0.564. The first-order valence-corrected chi connectivity index (χ1v) is 6.81. The van der Waals surface area contributed by atoms with E-state index >= 15 is 0 Å². The molecule has 1 N–H and O–H groups in total. The van der Waals surface area contributed by atoms with E-state index in [1.54, 1.807) is 18.2 Å². The quantitative estimate of drug-likeness (QED) is 0.943. The molecule has 0 spiro atoms. The molecule has 0 unspecified atom stereocenters. The van der Waals surface area contributed by atoms with E-state index in [1.165, 1.54) is 12.1 Å². The van der Waals surface area contributed by atoms with E-state index in [0.717, 1.165) is 6.42 Å². The second-order valence-electron chi connectivity index (χ2n) is 5.09. The fraction of sp³-hybridized carbons (Fsp3) is 0.333. The lowest BCUT2D eigenvalue weighted by Gasteiger charge is -2.09. The van der Waals surface area contributed by atoms with Crippen LogP contribution >= 0.6 is 0 Å². The van der Waals surface area contributed by atoms with Crippen molar-refractivity contribution < 1.29 is 18.4 Å². The molecule has 1 saturated heterocycles. The van der Waals surface area contributed by atoms with Gasteiger partial charge >= 0.3 is 0 Å². The minimum atomic E-state index is -0.450. The van der Waals surface area contributed by atoms with Crippen LogP contribution in [0.1, 0.15) is 19.8 Å². The Balaban J connectivity index is 1.69. The summed E-state index contributed by atoms with van der Waals surface area (Å²) in [6, 6.07) is 7.54. The van der Waals surface area contributed by atoms with Gasteiger partial charge in [0.25, 0.3) is 5.91 Å². The Morgan fingerprint density at radius 2 is 2.24 bits per heavy atom. The number of carbonyl (C=O) groups is 1. The Bertz CT molecular complexity index is 656. The fourth-order valence-electron chi connectivity index (χ4n) is 2.31. The Kier molecular flexibility index (Phi) is 3.70. The average molecular weight is 290 g/mol. The second-order valence-corrected chi connectivity index (χ2v) is 5.09. The van der Waals surface area contributed by atoms with Crippen LogP contribution in [0.2, 0.25) is 0 Å². The summed E-state index contributed by atoms with van der Waals surface area (Å²) in [7, 11) is 0. The van der Waals surface area contributed by atoms with E-state index < -0.39 is 6.10 Å². The maximum absolute atomic E-state index is 13.2. The topological polar surface area (TPSA) is 64.4 Å². The summed E-state index contributed by atoms with van der Waals surface area (Å²) in [4.78, 5) is 12.0. The van der Waals surface area contributed by atoms with E-state index in [1.807, 2.05) is 6.92 Å². The van der Waals surface area contributed by atoms with Gasteiger partial charge < -0.3 is 14.6 Å². The standard InChI is InChI=1S/C15H15FN2O3/c1-9-5-6-12(20-9)15(19)17-14-8-13(21-18-14)10-3-2-4-11(16)7-10/h2-4,7-9,12H,5-6H2,1H3,(H,17,18,19)/t9-,12+/m1/s1. The van der Waals surface area contributed by atoms with Crippen LogP contribution in [0.3, 0.4) is 0 Å². The van der Waals surface area contributed by atoms with Crippen LogP contribution in [0.25, 0.3) is 11.3 Å². The number of ether oxygens (including phenoxy) is 1. The minimum Gasteiger partial charge on any atom is -0.365 e. The van der Waals surface area contributed by atoms with Crippen molar-refractivity contribution in [1.29, 1.82) is 0 Å². The molecule has 0 saturated carbocycles. The van der Waals surface area contributed by atoms with Gasteiger partial charge in [0.15, 0.2) is 11.6 Å². The number of hydrogen-bond donors (Lipinski definition) is 1. The highest BCUT2D eigenvalue weighted by molar-refractivity contribution is 5.93. The molecule has 1 amide bonds. The number of carbonyl (C=O) groups excluding carboxylic acids is 1. The molecule has 1 aliphatic heterocycles. The van der Waals surface area contributed by atoms with Crippen LogP contribution < -0.4 is 5.32 Å². The number of nitrogens with zero attached hydrogens (tertiary/aromatic N) is 1. The predicted molar refractivity (Wildman–Crippen MR) is 74.1 cm³/mol. The lowest BCUT2D eigenvalue weighted by atomic mass is 10.1. The van der Waals surface area contributed by atoms with Gasteiger partial charge in [0, 0.05) is 11.6 Å². The van der Waals surface area contributed by atoms with Gasteiger partial charge in [-0.1, -0.05) is 17.3 Å². The molecule has 6 heteroatoms. The van der Waals surface area contributed by atoms with Crippen LogP contribution in [-0.4, -0.2) is 23.3 Å². The molecule has 2 heterocycles. The highest BCUT2D eigenvalue weighted by Crippen LogP contribution is 2.24. The SMILES string of the molecule is C[C@@H]1CC[C@@H](C(=O)Nc2cc(-c3cccc(F)c3)on2)O1. The summed E-state index contributed by atoms with van der Waals surface area (Å²) in [6.45, 7) is 1.94. The average Bonchev–Trinajstić information content (AvgIpc) is 3.08. The molecule has 1 fully saturated rings. The first kappa shape index (κ1) is 13.8. The van der Waals surface area contributed by atoms with Gasteiger partial charge in [0.2, 0.25) is 0 Å². The summed E-state index contributed by atoms with van der Waals surface area (Å²) < 4.78 is 23.8. The number of amides is 1. The molecular weight excluding hydrogens is 275 g/mol. The summed E-state index contributed by atoms with van der Waals surface area (Å²) in [5, 5.41) is 6.41. The van der Waals surface area contributed by atoms with Crippen molar-refractivity contribution in [1.82, 2.24) is 5.16 Å². The van der Waals surface area contributed by atoms with E-state index in [9.17, 15) is 9.18 Å². The van der Waals surface area contributed by atoms with Gasteiger partial charge in [-0.2, -0.15) is 0 Å². The number of rotatable bonds is 3. The summed E-state index contributed by atoms with van der Waals surface area (Å²) in [5.74, 6) is 0.0918. The van der Waals surface area contributed by atoms with Gasteiger partial charge in [-0.3, -0.25) is 4.79 Å². The third kappa shape index (κ3) is 3.11. The van der Waals surface area contributed by atoms with Crippen LogP contribution in [0.4, 0.5) is 10.2 Å². The molecule has 0 aliphatic carbocycles. The maximum Gasteiger partial charge on any atom is 0.254 e. The van der Waals surface area contributed by atoms with Gasteiger partial charge in [0.05, 0.1) is 6.10 Å². The van der Waals surface area contributed by atoms with E-state index in [4.69, 9.17) is 9.26 Å². The largest absolute Gasteiger partial charge is 0.365 e. The van der Waals surface area contributed by atoms with Crippen LogP contribution in [0.15, 0.2) is 34.9 Å². The number of benzene rings is 1. The highest BCUT2D eigenvalue weighted by Gasteiger charge is 2.28. The molecule has 110 valence electrons. The number of anilines is 1. The molecule has 2 aromatic rings. The van der Waals surface area contributed by atoms with Gasteiger partial charge in [-0.25, -0.2) is 4.39 Å². The number of nitrogens with one attached hydrogen (secondary N) is 1. The number of hydrogen-bond acceptors (Lipinski definition) is 4. The van der Waals surface area contributed by atoms with Crippen molar-refractivity contribution in [2.75, 3.05) is 5.32 Å². The molecule has 1 aromatic heterocycles. The summed E-state index contributed by atoms with van der Waals surface area (Å²) >= 11 is 0. The molecule has 1 aromatic carbocycles. The minimum absolute atomic E-state index is 0.0981. The van der Waals surface area contributed by atoms with E-state index in [0.29, 0.717) is 23.6 Å². The van der Waals surface area contributed by atoms with Crippen molar-refractivity contribution >= 4 is 11.7 Å². The van der Waals surface area contributed by atoms with E-state index in [2.05, 4.69) is 10.5 Å². The predicted octanol–water partition coefficient (Wildman–Crippen LogP) is 2.99. The number of aromatic nitrogens is 1. The first-order chi connectivity index (χ1) is 10.1. The van der Waals surface area contributed by atoms with Gasteiger partial charge in [0.1, 0.15) is 11.9 Å². The number of halogens is 1. The monoisotopic (exact) mass is 290 g/mol. The molecule has 3 rings (SSSR count). The Labute approximate surface area is 121 Å². The van der Waals surface area contributed by atoms with Crippen molar-refractivity contribution in [2.24, 2.45) is 0 Å².